The number of amides is 2. The molecule has 1 heterocycles. The van der Waals surface area contributed by atoms with Crippen LogP contribution in [-0.2, 0) is 19.6 Å². The van der Waals surface area contributed by atoms with E-state index in [0.29, 0.717) is 11.3 Å². The van der Waals surface area contributed by atoms with E-state index in [1.807, 2.05) is 0 Å². The minimum atomic E-state index is -3.80. The smallest absolute Gasteiger partial charge is 0.243 e. The highest BCUT2D eigenvalue weighted by atomic mass is 32.2. The van der Waals surface area contributed by atoms with Gasteiger partial charge in [-0.05, 0) is 44.5 Å². The van der Waals surface area contributed by atoms with Crippen LogP contribution in [0.4, 0.5) is 5.69 Å². The normalized spacial score (nSPS) is 17.3. The third kappa shape index (κ3) is 3.53. The maximum absolute atomic E-state index is 12.6. The van der Waals surface area contributed by atoms with Crippen molar-refractivity contribution >= 4 is 27.5 Å². The van der Waals surface area contributed by atoms with Gasteiger partial charge in [-0.25, -0.2) is 8.42 Å². The standard InChI is InChI=1S/C15H21N3O4S/c1-9(2)16-14(19)8-18(4)23(21,22)11-5-6-13-12(7-11)10(3)15(20)17-13/h5-7,9-10H,8H2,1-4H3,(H,16,19)(H,17,20)/t10-/m0/s1. The molecule has 1 aliphatic heterocycles. The number of sulfonamides is 1. The monoisotopic (exact) mass is 339 g/mol. The molecule has 0 fully saturated rings. The predicted octanol–water partition coefficient (Wildman–Crippen LogP) is 0.887. The SMILES string of the molecule is CC(C)NC(=O)CN(C)S(=O)(=O)c1ccc2c(c1)[C@H](C)C(=O)N2. The molecule has 2 N–H and O–H groups in total. The van der Waals surface area contributed by atoms with Crippen molar-refractivity contribution in [3.63, 3.8) is 0 Å². The first-order valence-corrected chi connectivity index (χ1v) is 8.77. The average molecular weight is 339 g/mol. The molecule has 0 unspecified atom stereocenters. The van der Waals surface area contributed by atoms with E-state index in [2.05, 4.69) is 10.6 Å². The lowest BCUT2D eigenvalue weighted by molar-refractivity contribution is -0.121. The van der Waals surface area contributed by atoms with Gasteiger partial charge in [-0.3, -0.25) is 9.59 Å². The molecule has 8 heteroatoms. The van der Waals surface area contributed by atoms with Crippen LogP contribution in [0.2, 0.25) is 0 Å². The summed E-state index contributed by atoms with van der Waals surface area (Å²) in [5.41, 5.74) is 1.28. The van der Waals surface area contributed by atoms with Gasteiger partial charge in [0.25, 0.3) is 0 Å². The molecule has 1 aromatic carbocycles. The van der Waals surface area contributed by atoms with Crippen LogP contribution >= 0.6 is 0 Å². The summed E-state index contributed by atoms with van der Waals surface area (Å²) in [6, 6.07) is 4.44. The summed E-state index contributed by atoms with van der Waals surface area (Å²) in [6.07, 6.45) is 0. The summed E-state index contributed by atoms with van der Waals surface area (Å²) in [5, 5.41) is 5.35. The molecule has 2 amide bonds. The van der Waals surface area contributed by atoms with Crippen molar-refractivity contribution in [1.29, 1.82) is 0 Å². The second-order valence-electron chi connectivity index (χ2n) is 5.94. The van der Waals surface area contributed by atoms with Gasteiger partial charge in [0.1, 0.15) is 0 Å². The average Bonchev–Trinajstić information content (AvgIpc) is 2.72. The molecule has 2 rings (SSSR count). The van der Waals surface area contributed by atoms with Gasteiger partial charge in [-0.15, -0.1) is 0 Å². The van der Waals surface area contributed by atoms with Crippen LogP contribution in [0.5, 0.6) is 0 Å². The Bertz CT molecular complexity index is 743. The number of hydrogen-bond acceptors (Lipinski definition) is 4. The highest BCUT2D eigenvalue weighted by Gasteiger charge is 2.30. The van der Waals surface area contributed by atoms with E-state index in [9.17, 15) is 18.0 Å². The number of fused-ring (bicyclic) bond motifs is 1. The topological polar surface area (TPSA) is 95.6 Å². The molecule has 1 aliphatic rings. The molecule has 1 atom stereocenters. The summed E-state index contributed by atoms with van der Waals surface area (Å²) in [4.78, 5) is 23.5. The first kappa shape index (κ1) is 17.4. The Hall–Kier alpha value is -1.93. The Morgan fingerprint density at radius 3 is 2.65 bits per heavy atom. The first-order chi connectivity index (χ1) is 10.6. The Labute approximate surface area is 136 Å². The highest BCUT2D eigenvalue weighted by molar-refractivity contribution is 7.89. The fraction of sp³-hybridized carbons (Fsp3) is 0.467. The van der Waals surface area contributed by atoms with E-state index >= 15 is 0 Å². The number of anilines is 1. The van der Waals surface area contributed by atoms with Crippen LogP contribution < -0.4 is 10.6 Å². The Morgan fingerprint density at radius 1 is 1.39 bits per heavy atom. The summed E-state index contributed by atoms with van der Waals surface area (Å²) >= 11 is 0. The van der Waals surface area contributed by atoms with E-state index in [0.717, 1.165) is 4.31 Å². The van der Waals surface area contributed by atoms with Crippen molar-refractivity contribution in [1.82, 2.24) is 9.62 Å². The quantitative estimate of drug-likeness (QED) is 0.833. The predicted molar refractivity (Wildman–Crippen MR) is 86.6 cm³/mol. The van der Waals surface area contributed by atoms with Crippen LogP contribution in [-0.4, -0.2) is 44.2 Å². The number of carbonyl (C=O) groups excluding carboxylic acids is 2. The molecular weight excluding hydrogens is 318 g/mol. The van der Waals surface area contributed by atoms with Gasteiger partial charge in [0.15, 0.2) is 0 Å². The van der Waals surface area contributed by atoms with Gasteiger partial charge >= 0.3 is 0 Å². The fourth-order valence-corrected chi connectivity index (χ4v) is 3.55. The van der Waals surface area contributed by atoms with Crippen molar-refractivity contribution in [3.05, 3.63) is 23.8 Å². The van der Waals surface area contributed by atoms with Gasteiger partial charge in [-0.2, -0.15) is 4.31 Å². The molecule has 0 saturated carbocycles. The zero-order valence-corrected chi connectivity index (χ0v) is 14.4. The molecular formula is C15H21N3O4S. The number of nitrogens with one attached hydrogen (secondary N) is 2. The van der Waals surface area contributed by atoms with Gasteiger partial charge in [0, 0.05) is 18.8 Å². The van der Waals surface area contributed by atoms with Crippen LogP contribution in [0.1, 0.15) is 32.3 Å². The minimum Gasteiger partial charge on any atom is -0.353 e. The molecule has 0 saturated heterocycles. The summed E-state index contributed by atoms with van der Waals surface area (Å²) in [7, 11) is -2.44. The highest BCUT2D eigenvalue weighted by Crippen LogP contribution is 2.34. The van der Waals surface area contributed by atoms with Crippen LogP contribution in [0.25, 0.3) is 0 Å². The maximum Gasteiger partial charge on any atom is 0.243 e. The summed E-state index contributed by atoms with van der Waals surface area (Å²) in [5.74, 6) is -0.911. The minimum absolute atomic E-state index is 0.0588. The van der Waals surface area contributed by atoms with Crippen molar-refractivity contribution in [2.45, 2.75) is 37.6 Å². The molecule has 0 bridgehead atoms. The lowest BCUT2D eigenvalue weighted by Crippen LogP contribution is -2.40. The number of hydrogen-bond donors (Lipinski definition) is 2. The van der Waals surface area contributed by atoms with E-state index in [1.54, 1.807) is 26.8 Å². The van der Waals surface area contributed by atoms with Crippen LogP contribution in [0.3, 0.4) is 0 Å². The van der Waals surface area contributed by atoms with Gasteiger partial charge < -0.3 is 10.6 Å². The molecule has 0 radical (unpaired) electrons. The Kier molecular flexibility index (Phi) is 4.76. The van der Waals surface area contributed by atoms with Gasteiger partial charge in [0.2, 0.25) is 21.8 Å². The van der Waals surface area contributed by atoms with Crippen LogP contribution in [0, 0.1) is 0 Å². The third-order valence-corrected chi connectivity index (χ3v) is 5.46. The lowest BCUT2D eigenvalue weighted by atomic mass is 10.0. The van der Waals surface area contributed by atoms with E-state index < -0.39 is 15.9 Å². The van der Waals surface area contributed by atoms with Gasteiger partial charge in [0.05, 0.1) is 17.4 Å². The molecule has 0 aromatic heterocycles. The van der Waals surface area contributed by atoms with Crippen molar-refractivity contribution in [3.8, 4) is 0 Å². The Morgan fingerprint density at radius 2 is 2.04 bits per heavy atom. The largest absolute Gasteiger partial charge is 0.353 e. The van der Waals surface area contributed by atoms with E-state index in [-0.39, 0.29) is 29.3 Å². The fourth-order valence-electron chi connectivity index (χ4n) is 2.39. The van der Waals surface area contributed by atoms with Gasteiger partial charge in [-0.1, -0.05) is 0 Å². The third-order valence-electron chi connectivity index (χ3n) is 3.66. The molecule has 0 aliphatic carbocycles. The Balaban J connectivity index is 2.24. The number of rotatable bonds is 5. The summed E-state index contributed by atoms with van der Waals surface area (Å²) < 4.78 is 26.2. The number of carbonyl (C=O) groups is 2. The van der Waals surface area contributed by atoms with Crippen molar-refractivity contribution in [2.75, 3.05) is 18.9 Å². The molecule has 126 valence electrons. The number of nitrogens with zero attached hydrogens (tertiary/aromatic N) is 1. The van der Waals surface area contributed by atoms with Crippen molar-refractivity contribution in [2.24, 2.45) is 0 Å². The van der Waals surface area contributed by atoms with E-state index in [4.69, 9.17) is 0 Å². The second kappa shape index (κ2) is 6.29. The number of benzene rings is 1. The summed E-state index contributed by atoms with van der Waals surface area (Å²) in [6.45, 7) is 5.07. The maximum atomic E-state index is 12.6. The zero-order valence-electron chi connectivity index (χ0n) is 13.6. The van der Waals surface area contributed by atoms with Crippen molar-refractivity contribution < 1.29 is 18.0 Å². The molecule has 0 spiro atoms. The second-order valence-corrected chi connectivity index (χ2v) is 7.99. The molecule has 1 aromatic rings. The number of likely N-dealkylation sites (N-methyl/N-ethyl adjacent to an activating group) is 1. The zero-order chi connectivity index (χ0) is 17.4. The van der Waals surface area contributed by atoms with Crippen LogP contribution in [0.15, 0.2) is 23.1 Å². The lowest BCUT2D eigenvalue weighted by Gasteiger charge is -2.18. The first-order valence-electron chi connectivity index (χ1n) is 7.33. The van der Waals surface area contributed by atoms with E-state index in [1.165, 1.54) is 19.2 Å². The molecule has 7 nitrogen and oxygen atoms in total. The molecule has 23 heavy (non-hydrogen) atoms.